The van der Waals surface area contributed by atoms with Crippen LogP contribution in [-0.4, -0.2) is 35.9 Å². The van der Waals surface area contributed by atoms with Crippen molar-refractivity contribution in [1.82, 2.24) is 10.2 Å². The van der Waals surface area contributed by atoms with Gasteiger partial charge in [0.15, 0.2) is 5.82 Å². The molecule has 0 radical (unpaired) electrons. The summed E-state index contributed by atoms with van der Waals surface area (Å²) in [6.07, 6.45) is 1.61. The summed E-state index contributed by atoms with van der Waals surface area (Å²) in [7, 11) is 0. The quantitative estimate of drug-likeness (QED) is 0.808. The molecule has 1 saturated heterocycles. The standard InChI is InChI=1S/C19H23N3O2/c1-3-24-19(23)16-10-12-22(13-11-16)18-9-8-17(20-21-18)15-6-4-14(2)5-7-15/h4-9,16H,3,10-13H2,1-2H3. The summed E-state index contributed by atoms with van der Waals surface area (Å²) >= 11 is 0. The molecule has 2 heterocycles. The van der Waals surface area contributed by atoms with E-state index >= 15 is 0 Å². The van der Waals surface area contributed by atoms with Gasteiger partial charge in [0.2, 0.25) is 0 Å². The second kappa shape index (κ2) is 7.43. The maximum absolute atomic E-state index is 11.8. The van der Waals surface area contributed by atoms with E-state index in [4.69, 9.17) is 4.74 Å². The van der Waals surface area contributed by atoms with Crippen molar-refractivity contribution in [3.05, 3.63) is 42.0 Å². The van der Waals surface area contributed by atoms with Crippen LogP contribution in [0.25, 0.3) is 11.3 Å². The lowest BCUT2D eigenvalue weighted by Gasteiger charge is -2.31. The first-order chi connectivity index (χ1) is 11.7. The number of piperidine rings is 1. The summed E-state index contributed by atoms with van der Waals surface area (Å²) in [6.45, 7) is 5.98. The Morgan fingerprint density at radius 1 is 1.12 bits per heavy atom. The number of ether oxygens (including phenoxy) is 1. The molecule has 0 atom stereocenters. The molecule has 5 heteroatoms. The minimum Gasteiger partial charge on any atom is -0.466 e. The number of aryl methyl sites for hydroxylation is 1. The number of aromatic nitrogens is 2. The first-order valence-corrected chi connectivity index (χ1v) is 8.49. The maximum Gasteiger partial charge on any atom is 0.309 e. The van der Waals surface area contributed by atoms with Gasteiger partial charge in [-0.15, -0.1) is 10.2 Å². The maximum atomic E-state index is 11.8. The first-order valence-electron chi connectivity index (χ1n) is 8.49. The van der Waals surface area contributed by atoms with Gasteiger partial charge in [0.25, 0.3) is 0 Å². The normalized spacial score (nSPS) is 15.3. The highest BCUT2D eigenvalue weighted by molar-refractivity contribution is 5.72. The Morgan fingerprint density at radius 2 is 1.83 bits per heavy atom. The molecule has 5 nitrogen and oxygen atoms in total. The van der Waals surface area contributed by atoms with Gasteiger partial charge in [-0.2, -0.15) is 0 Å². The van der Waals surface area contributed by atoms with Gasteiger partial charge in [-0.1, -0.05) is 29.8 Å². The summed E-state index contributed by atoms with van der Waals surface area (Å²) in [5, 5.41) is 8.72. The van der Waals surface area contributed by atoms with Crippen molar-refractivity contribution in [3.8, 4) is 11.3 Å². The van der Waals surface area contributed by atoms with Crippen LogP contribution < -0.4 is 4.90 Å². The Hall–Kier alpha value is -2.43. The third-order valence-corrected chi connectivity index (χ3v) is 4.44. The molecule has 0 saturated carbocycles. The van der Waals surface area contributed by atoms with Crippen molar-refractivity contribution in [2.75, 3.05) is 24.6 Å². The molecule has 1 aromatic carbocycles. The van der Waals surface area contributed by atoms with E-state index in [-0.39, 0.29) is 11.9 Å². The van der Waals surface area contributed by atoms with E-state index < -0.39 is 0 Å². The number of hydrogen-bond acceptors (Lipinski definition) is 5. The van der Waals surface area contributed by atoms with Crippen LogP contribution in [0.5, 0.6) is 0 Å². The molecule has 1 fully saturated rings. The molecule has 0 amide bonds. The van der Waals surface area contributed by atoms with E-state index in [0.29, 0.717) is 6.61 Å². The van der Waals surface area contributed by atoms with Crippen LogP contribution in [0.4, 0.5) is 5.82 Å². The number of esters is 1. The topological polar surface area (TPSA) is 55.3 Å². The monoisotopic (exact) mass is 325 g/mol. The van der Waals surface area contributed by atoms with Crippen molar-refractivity contribution >= 4 is 11.8 Å². The van der Waals surface area contributed by atoms with Gasteiger partial charge in [0.1, 0.15) is 0 Å². The van der Waals surface area contributed by atoms with Gasteiger partial charge >= 0.3 is 5.97 Å². The average Bonchev–Trinajstić information content (AvgIpc) is 2.63. The molecule has 0 aliphatic carbocycles. The zero-order valence-corrected chi connectivity index (χ0v) is 14.2. The second-order valence-electron chi connectivity index (χ2n) is 6.16. The second-order valence-corrected chi connectivity index (χ2v) is 6.16. The molecule has 0 unspecified atom stereocenters. The minimum atomic E-state index is -0.0713. The van der Waals surface area contributed by atoms with E-state index in [1.165, 1.54) is 5.56 Å². The molecule has 1 aliphatic rings. The lowest BCUT2D eigenvalue weighted by molar-refractivity contribution is -0.148. The zero-order chi connectivity index (χ0) is 16.9. The molecule has 1 aliphatic heterocycles. The summed E-state index contributed by atoms with van der Waals surface area (Å²) in [6, 6.07) is 12.3. The predicted molar refractivity (Wildman–Crippen MR) is 93.8 cm³/mol. The highest BCUT2D eigenvalue weighted by Gasteiger charge is 2.26. The lowest BCUT2D eigenvalue weighted by Crippen LogP contribution is -2.37. The van der Waals surface area contributed by atoms with Gasteiger partial charge in [-0.25, -0.2) is 0 Å². The number of nitrogens with zero attached hydrogens (tertiary/aromatic N) is 3. The number of anilines is 1. The third kappa shape index (κ3) is 3.72. The Kier molecular flexibility index (Phi) is 5.08. The molecule has 0 bridgehead atoms. The van der Waals surface area contributed by atoms with E-state index in [1.54, 1.807) is 0 Å². The van der Waals surface area contributed by atoms with Gasteiger partial charge in [-0.05, 0) is 38.8 Å². The summed E-state index contributed by atoms with van der Waals surface area (Å²) in [5.41, 5.74) is 3.17. The number of carbonyl (C=O) groups excluding carboxylic acids is 1. The van der Waals surface area contributed by atoms with E-state index in [1.807, 2.05) is 19.1 Å². The van der Waals surface area contributed by atoms with Crippen LogP contribution in [0.15, 0.2) is 36.4 Å². The van der Waals surface area contributed by atoms with Crippen molar-refractivity contribution in [2.45, 2.75) is 26.7 Å². The highest BCUT2D eigenvalue weighted by Crippen LogP contribution is 2.24. The van der Waals surface area contributed by atoms with Gasteiger partial charge in [0.05, 0.1) is 18.2 Å². The Balaban J connectivity index is 1.62. The molecule has 0 N–H and O–H groups in total. The molecule has 0 spiro atoms. The summed E-state index contributed by atoms with van der Waals surface area (Å²) in [5.74, 6) is 0.812. The van der Waals surface area contributed by atoms with Crippen molar-refractivity contribution in [2.24, 2.45) is 5.92 Å². The molecule has 24 heavy (non-hydrogen) atoms. The number of carbonyl (C=O) groups is 1. The molecular weight excluding hydrogens is 302 g/mol. The fourth-order valence-electron chi connectivity index (χ4n) is 2.98. The van der Waals surface area contributed by atoms with E-state index in [0.717, 1.165) is 43.0 Å². The first kappa shape index (κ1) is 16.4. The van der Waals surface area contributed by atoms with Gasteiger partial charge < -0.3 is 9.64 Å². The van der Waals surface area contributed by atoms with E-state index in [2.05, 4.69) is 46.3 Å². The lowest BCUT2D eigenvalue weighted by atomic mass is 9.97. The summed E-state index contributed by atoms with van der Waals surface area (Å²) < 4.78 is 5.11. The molecule has 3 rings (SSSR count). The largest absolute Gasteiger partial charge is 0.466 e. The van der Waals surface area contributed by atoms with Crippen LogP contribution >= 0.6 is 0 Å². The van der Waals surface area contributed by atoms with Crippen LogP contribution in [0.3, 0.4) is 0 Å². The molecular formula is C19H23N3O2. The Labute approximate surface area is 142 Å². The van der Waals surface area contributed by atoms with Gasteiger partial charge in [0, 0.05) is 18.7 Å². The van der Waals surface area contributed by atoms with Crippen LogP contribution in [0, 0.1) is 12.8 Å². The Morgan fingerprint density at radius 3 is 2.42 bits per heavy atom. The van der Waals surface area contributed by atoms with Crippen molar-refractivity contribution in [1.29, 1.82) is 0 Å². The highest BCUT2D eigenvalue weighted by atomic mass is 16.5. The number of hydrogen-bond donors (Lipinski definition) is 0. The van der Waals surface area contributed by atoms with Gasteiger partial charge in [-0.3, -0.25) is 4.79 Å². The van der Waals surface area contributed by atoms with Crippen LogP contribution in [0.2, 0.25) is 0 Å². The zero-order valence-electron chi connectivity index (χ0n) is 14.2. The molecule has 1 aromatic heterocycles. The summed E-state index contributed by atoms with van der Waals surface area (Å²) in [4.78, 5) is 14.0. The average molecular weight is 325 g/mol. The van der Waals surface area contributed by atoms with Crippen LogP contribution in [0.1, 0.15) is 25.3 Å². The van der Waals surface area contributed by atoms with Crippen molar-refractivity contribution < 1.29 is 9.53 Å². The minimum absolute atomic E-state index is 0.0148. The Bertz CT molecular complexity index is 675. The smallest absolute Gasteiger partial charge is 0.309 e. The van der Waals surface area contributed by atoms with Crippen LogP contribution in [-0.2, 0) is 9.53 Å². The fraction of sp³-hybridized carbons (Fsp3) is 0.421. The predicted octanol–water partition coefficient (Wildman–Crippen LogP) is 3.23. The van der Waals surface area contributed by atoms with Crippen molar-refractivity contribution in [3.63, 3.8) is 0 Å². The molecule has 126 valence electrons. The SMILES string of the molecule is CCOC(=O)C1CCN(c2ccc(-c3ccc(C)cc3)nn2)CC1. The van der Waals surface area contributed by atoms with E-state index in [9.17, 15) is 4.79 Å². The number of rotatable bonds is 4. The third-order valence-electron chi connectivity index (χ3n) is 4.44. The molecule has 2 aromatic rings. The fourth-order valence-corrected chi connectivity index (χ4v) is 2.98. The number of benzene rings is 1.